The minimum atomic E-state index is -0.281. The Morgan fingerprint density at radius 1 is 1.03 bits per heavy atom. The lowest BCUT2D eigenvalue weighted by Gasteiger charge is -2.38. The van der Waals surface area contributed by atoms with Gasteiger partial charge in [0.15, 0.2) is 11.5 Å². The van der Waals surface area contributed by atoms with Gasteiger partial charge in [0, 0.05) is 46.3 Å². The van der Waals surface area contributed by atoms with Gasteiger partial charge in [-0.2, -0.15) is 0 Å². The highest BCUT2D eigenvalue weighted by atomic mass is 19.1. The van der Waals surface area contributed by atoms with Gasteiger partial charge in [-0.25, -0.2) is 4.39 Å². The summed E-state index contributed by atoms with van der Waals surface area (Å²) in [5.74, 6) is 1.24. The number of carbonyl (C=O) groups excluding carboxylic acids is 1. The molecule has 2 aromatic rings. The molecule has 0 radical (unpaired) electrons. The molecule has 1 atom stereocenters. The lowest BCUT2D eigenvalue weighted by molar-refractivity contribution is -0.136. The number of rotatable bonds is 8. The number of carbonyl (C=O) groups is 1. The fourth-order valence-corrected chi connectivity index (χ4v) is 4.01. The van der Waals surface area contributed by atoms with Gasteiger partial charge in [-0.3, -0.25) is 14.6 Å². The maximum atomic E-state index is 13.4. The summed E-state index contributed by atoms with van der Waals surface area (Å²) < 4.78 is 24.1. The number of halogens is 1. The molecular weight excluding hydrogens is 397 g/mol. The number of piperazine rings is 1. The van der Waals surface area contributed by atoms with Crippen molar-refractivity contribution in [2.75, 3.05) is 47.4 Å². The molecule has 1 aliphatic heterocycles. The van der Waals surface area contributed by atoms with Gasteiger partial charge in [0.05, 0.1) is 20.3 Å². The molecule has 31 heavy (non-hydrogen) atoms. The van der Waals surface area contributed by atoms with Crippen molar-refractivity contribution < 1.29 is 18.7 Å². The molecule has 168 valence electrons. The zero-order chi connectivity index (χ0) is 22.4. The van der Waals surface area contributed by atoms with Crippen LogP contribution in [0.4, 0.5) is 4.39 Å². The molecule has 0 N–H and O–H groups in total. The van der Waals surface area contributed by atoms with Gasteiger partial charge in [-0.05, 0) is 42.3 Å². The number of nitrogens with zero attached hydrogens (tertiary/aromatic N) is 3. The van der Waals surface area contributed by atoms with E-state index in [4.69, 9.17) is 9.47 Å². The first-order valence-corrected chi connectivity index (χ1v) is 10.6. The first-order valence-electron chi connectivity index (χ1n) is 10.6. The molecule has 0 spiro atoms. The predicted molar refractivity (Wildman–Crippen MR) is 119 cm³/mol. The van der Waals surface area contributed by atoms with E-state index in [1.165, 1.54) is 17.7 Å². The zero-order valence-electron chi connectivity index (χ0n) is 18.8. The Balaban J connectivity index is 1.51. The van der Waals surface area contributed by atoms with Crippen molar-refractivity contribution in [2.45, 2.75) is 26.1 Å². The molecule has 1 aliphatic rings. The Morgan fingerprint density at radius 3 is 2.39 bits per heavy atom. The predicted octanol–water partition coefficient (Wildman–Crippen LogP) is 3.01. The third-order valence-electron chi connectivity index (χ3n) is 5.85. The topological polar surface area (TPSA) is 45.2 Å². The third kappa shape index (κ3) is 5.95. The van der Waals surface area contributed by atoms with Crippen LogP contribution in [-0.4, -0.2) is 74.1 Å². The van der Waals surface area contributed by atoms with E-state index in [2.05, 4.69) is 15.9 Å². The van der Waals surface area contributed by atoms with E-state index < -0.39 is 0 Å². The van der Waals surface area contributed by atoms with E-state index in [9.17, 15) is 9.18 Å². The Bertz CT molecular complexity index is 884. The van der Waals surface area contributed by atoms with E-state index >= 15 is 0 Å². The van der Waals surface area contributed by atoms with E-state index in [1.54, 1.807) is 32.2 Å². The summed E-state index contributed by atoms with van der Waals surface area (Å²) in [4.78, 5) is 19.2. The fourth-order valence-electron chi connectivity index (χ4n) is 4.01. The maximum Gasteiger partial charge on any atom is 0.239 e. The smallest absolute Gasteiger partial charge is 0.239 e. The van der Waals surface area contributed by atoms with Crippen LogP contribution in [0.1, 0.15) is 18.1 Å². The van der Waals surface area contributed by atoms with Crippen LogP contribution >= 0.6 is 0 Å². The first kappa shape index (κ1) is 23.0. The summed E-state index contributed by atoms with van der Waals surface area (Å²) in [6.45, 7) is 6.62. The summed E-state index contributed by atoms with van der Waals surface area (Å²) in [6, 6.07) is 12.2. The lowest BCUT2D eigenvalue weighted by atomic mass is 10.1. The van der Waals surface area contributed by atoms with Crippen LogP contribution in [0, 0.1) is 5.82 Å². The highest BCUT2D eigenvalue weighted by Gasteiger charge is 2.27. The maximum absolute atomic E-state index is 13.4. The molecule has 2 aromatic carbocycles. The Hall–Kier alpha value is -2.64. The summed E-state index contributed by atoms with van der Waals surface area (Å²) in [5, 5.41) is 0. The lowest BCUT2D eigenvalue weighted by Crippen LogP contribution is -2.53. The number of amides is 1. The molecule has 1 heterocycles. The number of methoxy groups -OCH3 is 2. The van der Waals surface area contributed by atoms with Crippen molar-refractivity contribution in [1.82, 2.24) is 14.7 Å². The van der Waals surface area contributed by atoms with Crippen LogP contribution in [0.5, 0.6) is 11.5 Å². The van der Waals surface area contributed by atoms with Gasteiger partial charge in [0.2, 0.25) is 5.91 Å². The molecular formula is C24H32FN3O3. The van der Waals surface area contributed by atoms with E-state index in [0.29, 0.717) is 6.54 Å². The summed E-state index contributed by atoms with van der Waals surface area (Å²) >= 11 is 0. The average molecular weight is 430 g/mol. The third-order valence-corrected chi connectivity index (χ3v) is 5.85. The van der Waals surface area contributed by atoms with Gasteiger partial charge < -0.3 is 14.4 Å². The molecule has 0 unspecified atom stereocenters. The summed E-state index contributed by atoms with van der Waals surface area (Å²) in [6.07, 6.45) is 0. The monoisotopic (exact) mass is 429 g/mol. The Morgan fingerprint density at radius 2 is 1.74 bits per heavy atom. The van der Waals surface area contributed by atoms with Gasteiger partial charge in [0.1, 0.15) is 5.82 Å². The molecule has 0 aliphatic carbocycles. The minimum Gasteiger partial charge on any atom is -0.493 e. The average Bonchev–Trinajstić information content (AvgIpc) is 2.78. The normalized spacial score (nSPS) is 16.0. The quantitative estimate of drug-likeness (QED) is 0.646. The van der Waals surface area contributed by atoms with Crippen LogP contribution in [-0.2, 0) is 17.9 Å². The minimum absolute atomic E-state index is 0.0533. The molecule has 1 saturated heterocycles. The highest BCUT2D eigenvalue weighted by molar-refractivity contribution is 5.81. The number of hydrogen-bond donors (Lipinski definition) is 0. The van der Waals surface area contributed by atoms with Crippen molar-refractivity contribution in [1.29, 1.82) is 0 Å². The number of likely N-dealkylation sites (N-methyl/N-ethyl adjacent to an activating group) is 1. The fraction of sp³-hybridized carbons (Fsp3) is 0.458. The molecule has 1 fully saturated rings. The van der Waals surface area contributed by atoms with Gasteiger partial charge >= 0.3 is 0 Å². The molecule has 1 amide bonds. The highest BCUT2D eigenvalue weighted by Crippen LogP contribution is 2.28. The second-order valence-electron chi connectivity index (χ2n) is 8.00. The molecule has 3 rings (SSSR count). The molecule has 0 saturated carbocycles. The number of benzene rings is 2. The van der Waals surface area contributed by atoms with E-state index in [0.717, 1.165) is 49.8 Å². The van der Waals surface area contributed by atoms with Crippen molar-refractivity contribution in [3.05, 3.63) is 59.4 Å². The van der Waals surface area contributed by atoms with Crippen LogP contribution in [0.15, 0.2) is 42.5 Å². The number of ether oxygens (including phenoxy) is 2. The van der Waals surface area contributed by atoms with E-state index in [1.807, 2.05) is 25.1 Å². The molecule has 7 heteroatoms. The molecule has 6 nitrogen and oxygen atoms in total. The Kier molecular flexibility index (Phi) is 7.87. The standard InChI is InChI=1S/C24H32FN3O3/c1-18(24(29)26(2)16-19-6-5-7-21(25)14-19)28-12-10-27(11-13-28)17-20-8-9-22(30-3)23(15-20)31-4/h5-9,14-15,18H,10-13,16-17H2,1-4H3/t18-/m0/s1. The van der Waals surface area contributed by atoms with Gasteiger partial charge in [0.25, 0.3) is 0 Å². The van der Waals surface area contributed by atoms with Crippen LogP contribution in [0.3, 0.4) is 0 Å². The largest absolute Gasteiger partial charge is 0.493 e. The first-order chi connectivity index (χ1) is 14.9. The molecule has 0 bridgehead atoms. The summed E-state index contributed by atoms with van der Waals surface area (Å²) in [5.41, 5.74) is 1.97. The van der Waals surface area contributed by atoms with Crippen molar-refractivity contribution in [2.24, 2.45) is 0 Å². The second-order valence-corrected chi connectivity index (χ2v) is 8.00. The van der Waals surface area contributed by atoms with Gasteiger partial charge in [-0.1, -0.05) is 18.2 Å². The van der Waals surface area contributed by atoms with Crippen molar-refractivity contribution in [3.63, 3.8) is 0 Å². The summed E-state index contributed by atoms with van der Waals surface area (Å²) in [7, 11) is 5.05. The van der Waals surface area contributed by atoms with Crippen LogP contribution in [0.2, 0.25) is 0 Å². The van der Waals surface area contributed by atoms with Crippen LogP contribution < -0.4 is 9.47 Å². The zero-order valence-corrected chi connectivity index (χ0v) is 18.8. The second kappa shape index (κ2) is 10.6. The molecule has 0 aromatic heterocycles. The van der Waals surface area contributed by atoms with E-state index in [-0.39, 0.29) is 17.8 Å². The SMILES string of the molecule is COc1ccc(CN2CCN([C@@H](C)C(=O)N(C)Cc3cccc(F)c3)CC2)cc1OC. The van der Waals surface area contributed by atoms with Crippen LogP contribution in [0.25, 0.3) is 0 Å². The van der Waals surface area contributed by atoms with Crippen molar-refractivity contribution >= 4 is 5.91 Å². The number of hydrogen-bond acceptors (Lipinski definition) is 5. The Labute approximate surface area is 184 Å². The van der Waals surface area contributed by atoms with Crippen molar-refractivity contribution in [3.8, 4) is 11.5 Å². The van der Waals surface area contributed by atoms with Gasteiger partial charge in [-0.15, -0.1) is 0 Å².